The van der Waals surface area contributed by atoms with Crippen molar-refractivity contribution in [3.05, 3.63) is 0 Å². The van der Waals surface area contributed by atoms with Gasteiger partial charge in [-0.3, -0.25) is 0 Å². The first kappa shape index (κ1) is 25.0. The minimum atomic E-state index is -1.89. The zero-order valence-electron chi connectivity index (χ0n) is 14.7. The van der Waals surface area contributed by atoms with Crippen LogP contribution in [0.25, 0.3) is 0 Å². The number of unbranched alkanes of at least 4 members (excludes halogenated alkanes) is 15. The van der Waals surface area contributed by atoms with Gasteiger partial charge in [0.15, 0.2) is 6.16 Å². The molecular weight excluding hydrogens is 375 g/mol. The molecule has 0 fully saturated rings. The molecule has 4 heteroatoms. The van der Waals surface area contributed by atoms with Crippen molar-refractivity contribution in [2.45, 2.75) is 110 Å². The molecule has 1 unspecified atom stereocenters. The second-order valence-corrected chi connectivity index (χ2v) is 7.53. The van der Waals surface area contributed by atoms with Crippen molar-refractivity contribution >= 4 is 8.03 Å². The summed E-state index contributed by atoms with van der Waals surface area (Å²) in [5.74, 6) is 0. The second kappa shape index (κ2) is 21.7. The first-order valence-electron chi connectivity index (χ1n) is 9.41. The zero-order chi connectivity index (χ0) is 15.6. The van der Waals surface area contributed by atoms with Gasteiger partial charge in [-0.1, -0.05) is 96.8 Å². The molecule has 0 radical (unpaired) electrons. The Morgan fingerprint density at radius 3 is 1.14 bits per heavy atom. The summed E-state index contributed by atoms with van der Waals surface area (Å²) >= 11 is 0. The van der Waals surface area contributed by atoms with Gasteiger partial charge in [-0.2, -0.15) is 4.89 Å². The molecule has 132 valence electrons. The van der Waals surface area contributed by atoms with E-state index in [1.807, 2.05) is 0 Å². The summed E-state index contributed by atoms with van der Waals surface area (Å²) in [5.41, 5.74) is 0. The van der Waals surface area contributed by atoms with Crippen LogP contribution in [0.2, 0.25) is 0 Å². The first-order valence-corrected chi connectivity index (χ1v) is 10.8. The third-order valence-electron chi connectivity index (χ3n) is 4.20. The smallest absolute Gasteiger partial charge is 0.161 e. The van der Waals surface area contributed by atoms with E-state index in [0.717, 1.165) is 12.8 Å². The van der Waals surface area contributed by atoms with Crippen molar-refractivity contribution < 1.29 is 30.5 Å². The molecule has 1 atom stereocenters. The first-order chi connectivity index (χ1) is 10.3. The Kier molecular flexibility index (Phi) is 24.7. The zero-order valence-corrected chi connectivity index (χ0v) is 17.6. The largest absolute Gasteiger partial charge is 0.505 e. The van der Waals surface area contributed by atoms with E-state index in [4.69, 9.17) is 4.89 Å². The van der Waals surface area contributed by atoms with Gasteiger partial charge in [0.05, 0.1) is 0 Å². The van der Waals surface area contributed by atoms with Gasteiger partial charge >= 0.3 is 8.03 Å². The molecule has 0 aliphatic rings. The fraction of sp³-hybridized carbons (Fsp3) is 1.00. The van der Waals surface area contributed by atoms with Crippen LogP contribution in [0.3, 0.4) is 0 Å². The van der Waals surface area contributed by atoms with Gasteiger partial charge < -0.3 is 0 Å². The molecule has 0 saturated heterocycles. The Bertz CT molecular complexity index is 225. The van der Waals surface area contributed by atoms with Crippen LogP contribution in [-0.2, 0) is 25.6 Å². The van der Waals surface area contributed by atoms with Crippen LogP contribution in [0.1, 0.15) is 110 Å². The fourth-order valence-electron chi connectivity index (χ4n) is 2.80. The molecule has 0 rings (SSSR count). The van der Waals surface area contributed by atoms with Crippen molar-refractivity contribution in [1.29, 1.82) is 0 Å². The van der Waals surface area contributed by atoms with Crippen LogP contribution in [0.4, 0.5) is 0 Å². The third kappa shape index (κ3) is 23.0. The summed E-state index contributed by atoms with van der Waals surface area (Å²) in [5, 5.41) is 0. The minimum Gasteiger partial charge on any atom is -0.161 e. The van der Waals surface area contributed by atoms with E-state index in [2.05, 4.69) is 6.92 Å². The van der Waals surface area contributed by atoms with E-state index in [-0.39, 0.29) is 21.1 Å². The Hall–Kier alpha value is 0.748. The Morgan fingerprint density at radius 2 is 0.864 bits per heavy atom. The SMILES string of the molecule is CCCCCCCCCCCCCCCCCC[P+](=O)O.[Mo]. The molecule has 0 aliphatic heterocycles. The average molecular weight is 413 g/mol. The molecule has 0 heterocycles. The van der Waals surface area contributed by atoms with E-state index in [9.17, 15) is 4.57 Å². The summed E-state index contributed by atoms with van der Waals surface area (Å²) in [4.78, 5) is 8.68. The van der Waals surface area contributed by atoms with E-state index in [0.29, 0.717) is 6.16 Å². The maximum absolute atomic E-state index is 10.5. The van der Waals surface area contributed by atoms with Gasteiger partial charge in [-0.05, 0) is 17.4 Å². The van der Waals surface area contributed by atoms with Gasteiger partial charge in [0, 0.05) is 21.1 Å². The van der Waals surface area contributed by atoms with Gasteiger partial charge in [0.2, 0.25) is 0 Å². The number of rotatable bonds is 17. The van der Waals surface area contributed by atoms with Crippen molar-refractivity contribution in [3.63, 3.8) is 0 Å². The van der Waals surface area contributed by atoms with Crippen LogP contribution in [0.5, 0.6) is 0 Å². The summed E-state index contributed by atoms with van der Waals surface area (Å²) in [6.07, 6.45) is 22.0. The normalized spacial score (nSPS) is 11.3. The molecule has 2 nitrogen and oxygen atoms in total. The van der Waals surface area contributed by atoms with Crippen LogP contribution in [0, 0.1) is 0 Å². The Balaban J connectivity index is 0. The number of hydrogen-bond acceptors (Lipinski definition) is 1. The molecule has 0 aromatic rings. The predicted octanol–water partition coefficient (Wildman–Crippen LogP) is 6.98. The quantitative estimate of drug-likeness (QED) is 0.159. The molecule has 0 saturated carbocycles. The molecule has 0 aromatic heterocycles. The van der Waals surface area contributed by atoms with Gasteiger partial charge in [-0.15, -0.1) is 0 Å². The average Bonchev–Trinajstić information content (AvgIpc) is 2.46. The molecule has 0 bridgehead atoms. The molecule has 0 aromatic carbocycles. The Labute approximate surface area is 154 Å². The maximum Gasteiger partial charge on any atom is 0.505 e. The number of hydrogen-bond donors (Lipinski definition) is 1. The summed E-state index contributed by atoms with van der Waals surface area (Å²) < 4.78 is 10.5. The Morgan fingerprint density at radius 1 is 0.591 bits per heavy atom. The van der Waals surface area contributed by atoms with Gasteiger partial charge in [0.1, 0.15) is 0 Å². The van der Waals surface area contributed by atoms with Gasteiger partial charge in [0.25, 0.3) is 0 Å². The molecule has 0 spiro atoms. The van der Waals surface area contributed by atoms with E-state index in [1.165, 1.54) is 89.9 Å². The van der Waals surface area contributed by atoms with E-state index < -0.39 is 8.03 Å². The second-order valence-electron chi connectivity index (χ2n) is 6.38. The summed E-state index contributed by atoms with van der Waals surface area (Å²) in [6, 6.07) is 0. The van der Waals surface area contributed by atoms with Crippen molar-refractivity contribution in [1.82, 2.24) is 0 Å². The third-order valence-corrected chi connectivity index (χ3v) is 4.90. The molecule has 0 amide bonds. The standard InChI is InChI=1S/C18H37O2P.Mo/c1-2-3-4-5-6-7-8-9-10-11-12-13-14-15-16-17-18-21(19)20;/h2-18H2,1H3;/p+1. The minimum absolute atomic E-state index is 0. The van der Waals surface area contributed by atoms with Crippen LogP contribution in [-0.4, -0.2) is 11.1 Å². The van der Waals surface area contributed by atoms with E-state index in [1.54, 1.807) is 0 Å². The molecule has 1 N–H and O–H groups in total. The van der Waals surface area contributed by atoms with E-state index >= 15 is 0 Å². The fourth-order valence-corrected chi connectivity index (χ4v) is 3.29. The summed E-state index contributed by atoms with van der Waals surface area (Å²) in [6.45, 7) is 2.28. The van der Waals surface area contributed by atoms with Gasteiger partial charge in [-0.25, -0.2) is 0 Å². The molecule has 22 heavy (non-hydrogen) atoms. The van der Waals surface area contributed by atoms with Crippen LogP contribution >= 0.6 is 8.03 Å². The predicted molar refractivity (Wildman–Crippen MR) is 94.2 cm³/mol. The van der Waals surface area contributed by atoms with Crippen molar-refractivity contribution in [3.8, 4) is 0 Å². The van der Waals surface area contributed by atoms with Crippen LogP contribution < -0.4 is 0 Å². The van der Waals surface area contributed by atoms with Crippen molar-refractivity contribution in [2.75, 3.05) is 6.16 Å². The van der Waals surface area contributed by atoms with Crippen molar-refractivity contribution in [2.24, 2.45) is 0 Å². The topological polar surface area (TPSA) is 37.3 Å². The monoisotopic (exact) mass is 415 g/mol. The van der Waals surface area contributed by atoms with Crippen LogP contribution in [0.15, 0.2) is 0 Å². The summed E-state index contributed by atoms with van der Waals surface area (Å²) in [7, 11) is -1.89. The molecular formula is C18H38MoO2P+. The maximum atomic E-state index is 10.5. The molecule has 0 aliphatic carbocycles.